The van der Waals surface area contributed by atoms with E-state index < -0.39 is 15.9 Å². The minimum Gasteiger partial charge on any atom is -0.381 e. The van der Waals surface area contributed by atoms with Gasteiger partial charge in [-0.1, -0.05) is 19.1 Å². The second-order valence-electron chi connectivity index (χ2n) is 3.56. The summed E-state index contributed by atoms with van der Waals surface area (Å²) in [5.74, 6) is -0.285. The number of hydrogen-bond donors (Lipinski definition) is 1. The van der Waals surface area contributed by atoms with Gasteiger partial charge in [0.1, 0.15) is 6.10 Å². The predicted octanol–water partition coefficient (Wildman–Crippen LogP) is 1.10. The van der Waals surface area contributed by atoms with Crippen LogP contribution in [0.4, 0.5) is 0 Å². The molecule has 1 unspecified atom stereocenters. The molecule has 1 rings (SSSR count). The van der Waals surface area contributed by atoms with Gasteiger partial charge in [0.15, 0.2) is 15.6 Å². The van der Waals surface area contributed by atoms with Gasteiger partial charge in [0.25, 0.3) is 0 Å². The van der Waals surface area contributed by atoms with E-state index in [0.29, 0.717) is 5.56 Å². The average Bonchev–Trinajstić information content (AvgIpc) is 2.26. The van der Waals surface area contributed by atoms with Crippen molar-refractivity contribution in [3.05, 3.63) is 29.8 Å². The van der Waals surface area contributed by atoms with Crippen LogP contribution in [0.2, 0.25) is 0 Å². The number of carbonyl (C=O) groups excluding carboxylic acids is 1. The van der Waals surface area contributed by atoms with Crippen LogP contribution < -0.4 is 0 Å². The first-order chi connectivity index (χ1) is 7.36. The molecule has 0 aliphatic rings. The lowest BCUT2D eigenvalue weighted by atomic mass is 10.0. The van der Waals surface area contributed by atoms with Crippen molar-refractivity contribution in [3.8, 4) is 0 Å². The third-order valence-electron chi connectivity index (χ3n) is 2.28. The molecule has 1 aromatic carbocycles. The standard InChI is InChI=1S/C11H14O4S/c1-3-10(12)11(13)8-4-6-9(7-5-8)16(2,14)15/h4-7,11,13H,3H2,1-2H3. The molecule has 0 spiro atoms. The van der Waals surface area contributed by atoms with Gasteiger partial charge in [-0.15, -0.1) is 0 Å². The summed E-state index contributed by atoms with van der Waals surface area (Å²) in [6.45, 7) is 1.66. The lowest BCUT2D eigenvalue weighted by molar-refractivity contribution is -0.127. The highest BCUT2D eigenvalue weighted by Gasteiger charge is 2.16. The molecule has 0 aliphatic carbocycles. The number of ketones is 1. The molecular weight excluding hydrogens is 228 g/mol. The van der Waals surface area contributed by atoms with E-state index in [9.17, 15) is 18.3 Å². The molecule has 4 nitrogen and oxygen atoms in total. The number of benzene rings is 1. The summed E-state index contributed by atoms with van der Waals surface area (Å²) in [6, 6.07) is 5.68. The highest BCUT2D eigenvalue weighted by Crippen LogP contribution is 2.18. The van der Waals surface area contributed by atoms with Crippen LogP contribution >= 0.6 is 0 Å². The van der Waals surface area contributed by atoms with Crippen molar-refractivity contribution in [2.45, 2.75) is 24.3 Å². The molecular formula is C11H14O4S. The first kappa shape index (κ1) is 12.9. The van der Waals surface area contributed by atoms with Crippen LogP contribution in [-0.4, -0.2) is 25.6 Å². The highest BCUT2D eigenvalue weighted by molar-refractivity contribution is 7.90. The van der Waals surface area contributed by atoms with E-state index in [1.165, 1.54) is 24.3 Å². The summed E-state index contributed by atoms with van der Waals surface area (Å²) in [5.41, 5.74) is 0.416. The molecule has 0 bridgehead atoms. The molecule has 16 heavy (non-hydrogen) atoms. The van der Waals surface area contributed by atoms with Gasteiger partial charge in [-0.3, -0.25) is 4.79 Å². The Morgan fingerprint density at radius 3 is 2.19 bits per heavy atom. The summed E-state index contributed by atoms with van der Waals surface area (Å²) in [4.78, 5) is 11.4. The predicted molar refractivity (Wildman–Crippen MR) is 59.8 cm³/mol. The Hall–Kier alpha value is -1.20. The maximum Gasteiger partial charge on any atom is 0.175 e. The van der Waals surface area contributed by atoms with Gasteiger partial charge in [0.2, 0.25) is 0 Å². The molecule has 0 fully saturated rings. The molecule has 0 saturated heterocycles. The number of hydrogen-bond acceptors (Lipinski definition) is 4. The Kier molecular flexibility index (Phi) is 3.83. The van der Waals surface area contributed by atoms with Crippen molar-refractivity contribution >= 4 is 15.6 Å². The Labute approximate surface area is 94.8 Å². The molecule has 0 aliphatic heterocycles. The van der Waals surface area contributed by atoms with E-state index in [-0.39, 0.29) is 17.1 Å². The van der Waals surface area contributed by atoms with E-state index in [1.54, 1.807) is 6.92 Å². The molecule has 0 saturated carbocycles. The molecule has 0 radical (unpaired) electrons. The maximum absolute atomic E-state index is 11.2. The fourth-order valence-electron chi connectivity index (χ4n) is 1.28. The average molecular weight is 242 g/mol. The van der Waals surface area contributed by atoms with Crippen LogP contribution in [0.25, 0.3) is 0 Å². The lowest BCUT2D eigenvalue weighted by Crippen LogP contribution is -2.10. The number of Topliss-reactive ketones (excluding diaryl/α,β-unsaturated/α-hetero) is 1. The van der Waals surface area contributed by atoms with Crippen LogP contribution in [0.1, 0.15) is 25.0 Å². The highest BCUT2D eigenvalue weighted by atomic mass is 32.2. The monoisotopic (exact) mass is 242 g/mol. The third-order valence-corrected chi connectivity index (χ3v) is 3.41. The first-order valence-corrected chi connectivity index (χ1v) is 6.76. The van der Waals surface area contributed by atoms with E-state index in [4.69, 9.17) is 0 Å². The minimum atomic E-state index is -3.24. The SMILES string of the molecule is CCC(=O)C(O)c1ccc(S(C)(=O)=O)cc1. The van der Waals surface area contributed by atoms with Gasteiger partial charge in [-0.05, 0) is 17.7 Å². The van der Waals surface area contributed by atoms with Gasteiger partial charge in [-0.25, -0.2) is 8.42 Å². The molecule has 0 aromatic heterocycles. The van der Waals surface area contributed by atoms with Crippen molar-refractivity contribution in [1.29, 1.82) is 0 Å². The molecule has 1 atom stereocenters. The number of rotatable bonds is 4. The van der Waals surface area contributed by atoms with Gasteiger partial charge < -0.3 is 5.11 Å². The smallest absolute Gasteiger partial charge is 0.175 e. The summed E-state index contributed by atoms with van der Waals surface area (Å²) < 4.78 is 22.3. The zero-order valence-electron chi connectivity index (χ0n) is 9.17. The largest absolute Gasteiger partial charge is 0.381 e. The zero-order chi connectivity index (χ0) is 12.3. The normalized spacial score (nSPS) is 13.4. The zero-order valence-corrected chi connectivity index (χ0v) is 9.99. The fourth-order valence-corrected chi connectivity index (χ4v) is 1.91. The fraction of sp³-hybridized carbons (Fsp3) is 0.364. The van der Waals surface area contributed by atoms with Crippen molar-refractivity contribution in [2.75, 3.05) is 6.26 Å². The Morgan fingerprint density at radius 1 is 1.31 bits per heavy atom. The van der Waals surface area contributed by atoms with E-state index in [2.05, 4.69) is 0 Å². The van der Waals surface area contributed by atoms with Crippen LogP contribution in [0.15, 0.2) is 29.2 Å². The molecule has 5 heteroatoms. The Bertz CT molecular complexity index is 473. The van der Waals surface area contributed by atoms with E-state index in [1.807, 2.05) is 0 Å². The number of carbonyl (C=O) groups is 1. The van der Waals surface area contributed by atoms with Crippen molar-refractivity contribution in [3.63, 3.8) is 0 Å². The van der Waals surface area contributed by atoms with Crippen LogP contribution in [0, 0.1) is 0 Å². The molecule has 1 aromatic rings. The van der Waals surface area contributed by atoms with Gasteiger partial charge >= 0.3 is 0 Å². The van der Waals surface area contributed by atoms with Crippen molar-refractivity contribution in [1.82, 2.24) is 0 Å². The first-order valence-electron chi connectivity index (χ1n) is 4.87. The van der Waals surface area contributed by atoms with Gasteiger partial charge in [0.05, 0.1) is 4.90 Å². The molecule has 0 heterocycles. The maximum atomic E-state index is 11.2. The second kappa shape index (κ2) is 4.76. The van der Waals surface area contributed by atoms with Crippen molar-refractivity contribution < 1.29 is 18.3 Å². The topological polar surface area (TPSA) is 71.4 Å². The van der Waals surface area contributed by atoms with E-state index in [0.717, 1.165) is 6.26 Å². The number of aliphatic hydroxyl groups is 1. The minimum absolute atomic E-state index is 0.174. The summed E-state index contributed by atoms with van der Waals surface area (Å²) >= 11 is 0. The summed E-state index contributed by atoms with van der Waals surface area (Å²) in [7, 11) is -3.24. The Morgan fingerprint density at radius 2 is 1.81 bits per heavy atom. The van der Waals surface area contributed by atoms with Crippen LogP contribution in [0.5, 0.6) is 0 Å². The van der Waals surface area contributed by atoms with Crippen LogP contribution in [0.3, 0.4) is 0 Å². The molecule has 88 valence electrons. The van der Waals surface area contributed by atoms with Crippen molar-refractivity contribution in [2.24, 2.45) is 0 Å². The summed E-state index contributed by atoms with van der Waals surface area (Å²) in [5, 5.41) is 9.58. The quantitative estimate of drug-likeness (QED) is 0.858. The summed E-state index contributed by atoms with van der Waals surface area (Å²) in [6.07, 6.45) is 0.184. The number of sulfone groups is 1. The molecule has 0 amide bonds. The van der Waals surface area contributed by atoms with Crippen LogP contribution in [-0.2, 0) is 14.6 Å². The van der Waals surface area contributed by atoms with E-state index >= 15 is 0 Å². The third kappa shape index (κ3) is 2.90. The van der Waals surface area contributed by atoms with Gasteiger partial charge in [-0.2, -0.15) is 0 Å². The van der Waals surface area contributed by atoms with Gasteiger partial charge in [0, 0.05) is 12.7 Å². The number of aliphatic hydroxyl groups excluding tert-OH is 1. The Balaban J connectivity index is 3.00. The second-order valence-corrected chi connectivity index (χ2v) is 5.58. The lowest BCUT2D eigenvalue weighted by Gasteiger charge is -2.08. The molecule has 1 N–H and O–H groups in total.